The zero-order valence-corrected chi connectivity index (χ0v) is 16.0. The molecule has 1 atom stereocenters. The number of fused-ring (bicyclic) bond motifs is 1. The molecule has 0 spiro atoms. The van der Waals surface area contributed by atoms with Gasteiger partial charge in [0.1, 0.15) is 17.7 Å². The summed E-state index contributed by atoms with van der Waals surface area (Å²) in [6.45, 7) is 0.216. The van der Waals surface area contributed by atoms with Gasteiger partial charge in [0.15, 0.2) is 11.6 Å². The van der Waals surface area contributed by atoms with Crippen LogP contribution in [0.3, 0.4) is 0 Å². The fourth-order valence-corrected chi connectivity index (χ4v) is 5.06. The predicted molar refractivity (Wildman–Crippen MR) is 105 cm³/mol. The average Bonchev–Trinajstić information content (AvgIpc) is 3.35. The number of aliphatic hydroxyl groups is 1. The number of nitrogens with one attached hydrogen (secondary N) is 1. The van der Waals surface area contributed by atoms with Crippen molar-refractivity contribution in [2.75, 3.05) is 17.7 Å². The van der Waals surface area contributed by atoms with Crippen LogP contribution in [0.2, 0.25) is 0 Å². The molecule has 1 aliphatic carbocycles. The molecular formula is C20H20N4O3S. The van der Waals surface area contributed by atoms with Gasteiger partial charge >= 0.3 is 0 Å². The third-order valence-corrected chi connectivity index (χ3v) is 6.80. The molecule has 1 saturated carbocycles. The molecule has 2 aromatic heterocycles. The molecule has 144 valence electrons. The third kappa shape index (κ3) is 3.17. The molecular weight excluding hydrogens is 376 g/mol. The normalized spacial score (nSPS) is 23.3. The molecule has 1 aromatic carbocycles. The van der Waals surface area contributed by atoms with E-state index in [2.05, 4.69) is 15.3 Å². The van der Waals surface area contributed by atoms with E-state index < -0.39 is 11.2 Å². The summed E-state index contributed by atoms with van der Waals surface area (Å²) in [6.07, 6.45) is 5.67. The van der Waals surface area contributed by atoms with Crippen LogP contribution in [0.25, 0.3) is 22.8 Å². The molecule has 0 saturated heterocycles. The first-order valence-electron chi connectivity index (χ1n) is 9.38. The van der Waals surface area contributed by atoms with Gasteiger partial charge in [0.2, 0.25) is 10.8 Å². The minimum Gasteiger partial charge on any atom is -0.611 e. The molecule has 3 heterocycles. The van der Waals surface area contributed by atoms with Crippen LogP contribution in [0.15, 0.2) is 46.0 Å². The average molecular weight is 396 g/mol. The van der Waals surface area contributed by atoms with Gasteiger partial charge in [-0.05, 0) is 42.1 Å². The lowest BCUT2D eigenvalue weighted by atomic mass is 9.81. The van der Waals surface area contributed by atoms with Crippen molar-refractivity contribution >= 4 is 17.0 Å². The number of hydrogen-bond donors (Lipinski definition) is 2. The summed E-state index contributed by atoms with van der Waals surface area (Å²) >= 11 is -1.06. The number of nitrogens with zero attached hydrogens (tertiary/aromatic N) is 3. The van der Waals surface area contributed by atoms with Gasteiger partial charge in [0.25, 0.3) is 0 Å². The number of aryl methyl sites for hydroxylation is 1. The van der Waals surface area contributed by atoms with Gasteiger partial charge in [-0.2, -0.15) is 0 Å². The predicted octanol–water partition coefficient (Wildman–Crippen LogP) is 2.65. The Balaban J connectivity index is 1.46. The minimum absolute atomic E-state index is 0.216. The molecule has 0 unspecified atom stereocenters. The number of benzene rings is 1. The molecule has 3 aromatic rings. The van der Waals surface area contributed by atoms with Gasteiger partial charge in [-0.25, -0.2) is 15.0 Å². The number of oxazole rings is 1. The van der Waals surface area contributed by atoms with Crippen LogP contribution in [0.4, 0.5) is 5.82 Å². The summed E-state index contributed by atoms with van der Waals surface area (Å²) in [4.78, 5) is 14.3. The Morgan fingerprint density at radius 1 is 1.18 bits per heavy atom. The molecule has 0 amide bonds. The van der Waals surface area contributed by atoms with Crippen molar-refractivity contribution in [3.8, 4) is 22.8 Å². The Bertz CT molecular complexity index is 972. The molecule has 28 heavy (non-hydrogen) atoms. The van der Waals surface area contributed by atoms with Crippen LogP contribution >= 0.6 is 0 Å². The van der Waals surface area contributed by atoms with Gasteiger partial charge in [0, 0.05) is 30.2 Å². The second-order valence-corrected chi connectivity index (χ2v) is 8.75. The molecule has 5 rings (SSSR count). The van der Waals surface area contributed by atoms with E-state index in [9.17, 15) is 9.66 Å². The summed E-state index contributed by atoms with van der Waals surface area (Å²) in [5.74, 6) is 2.81. The molecule has 8 heteroatoms. The van der Waals surface area contributed by atoms with E-state index in [-0.39, 0.29) is 12.6 Å². The van der Waals surface area contributed by atoms with Crippen molar-refractivity contribution in [3.63, 3.8) is 0 Å². The van der Waals surface area contributed by atoms with Crippen molar-refractivity contribution in [1.29, 1.82) is 0 Å². The Hall–Kier alpha value is -2.42. The first-order chi connectivity index (χ1) is 13.7. The molecule has 0 bridgehead atoms. The lowest BCUT2D eigenvalue weighted by Crippen LogP contribution is -2.37. The van der Waals surface area contributed by atoms with Crippen molar-refractivity contribution in [2.24, 2.45) is 5.92 Å². The highest BCUT2D eigenvalue weighted by molar-refractivity contribution is 7.91. The summed E-state index contributed by atoms with van der Waals surface area (Å²) in [7, 11) is 0. The summed E-state index contributed by atoms with van der Waals surface area (Å²) < 4.78 is 17.8. The first-order valence-corrected chi connectivity index (χ1v) is 10.7. The van der Waals surface area contributed by atoms with Crippen LogP contribution in [0.1, 0.15) is 18.5 Å². The van der Waals surface area contributed by atoms with Crippen molar-refractivity contribution in [1.82, 2.24) is 15.0 Å². The quantitative estimate of drug-likeness (QED) is 0.638. The Labute approximate surface area is 165 Å². The number of rotatable bonds is 5. The number of anilines is 1. The third-order valence-electron chi connectivity index (χ3n) is 5.34. The largest absolute Gasteiger partial charge is 0.611 e. The SMILES string of the molecule is [O-][S@+]1CCc2nc(-c3ccc(-c4ncco4)cc3)nc(NC3CC(CO)C3)c21. The number of aromatic nitrogens is 3. The van der Waals surface area contributed by atoms with Gasteiger partial charge in [-0.3, -0.25) is 0 Å². The van der Waals surface area contributed by atoms with E-state index in [1.54, 1.807) is 12.5 Å². The topological polar surface area (TPSA) is 107 Å². The highest BCUT2D eigenvalue weighted by Crippen LogP contribution is 2.36. The van der Waals surface area contributed by atoms with Gasteiger partial charge < -0.3 is 19.4 Å². The summed E-state index contributed by atoms with van der Waals surface area (Å²) in [5.41, 5.74) is 2.64. The Kier molecular flexibility index (Phi) is 4.54. The maximum atomic E-state index is 12.5. The van der Waals surface area contributed by atoms with Crippen LogP contribution in [0.5, 0.6) is 0 Å². The number of hydrogen-bond acceptors (Lipinski definition) is 7. The fraction of sp³-hybridized carbons (Fsp3) is 0.350. The molecule has 2 aliphatic rings. The van der Waals surface area contributed by atoms with Crippen molar-refractivity contribution < 1.29 is 14.1 Å². The van der Waals surface area contributed by atoms with Crippen LogP contribution in [-0.4, -0.2) is 43.0 Å². The van der Waals surface area contributed by atoms with Gasteiger partial charge in [-0.15, -0.1) is 0 Å². The second-order valence-electron chi connectivity index (χ2n) is 7.25. The Morgan fingerprint density at radius 2 is 1.96 bits per heavy atom. The van der Waals surface area contributed by atoms with E-state index in [4.69, 9.17) is 9.40 Å². The standard InChI is InChI=1S/C20H20N4O3S/c25-11-12-9-15(10-12)22-19-17-16(5-8-28(17)26)23-18(24-19)13-1-3-14(4-2-13)20-21-6-7-27-20/h1-4,6-7,12,15,25H,5,8-11H2,(H,22,23,24)/t12?,15?,28-/m1/s1. The molecule has 1 fully saturated rings. The summed E-state index contributed by atoms with van der Waals surface area (Å²) in [5, 5.41) is 12.7. The van der Waals surface area contributed by atoms with Gasteiger partial charge in [0.05, 0.1) is 6.20 Å². The zero-order chi connectivity index (χ0) is 19.1. The monoisotopic (exact) mass is 396 g/mol. The second kappa shape index (κ2) is 7.20. The highest BCUT2D eigenvalue weighted by Gasteiger charge is 2.35. The van der Waals surface area contributed by atoms with E-state index in [1.807, 2.05) is 24.3 Å². The van der Waals surface area contributed by atoms with Gasteiger partial charge in [-0.1, -0.05) is 12.1 Å². The number of aliphatic hydroxyl groups excluding tert-OH is 1. The van der Waals surface area contributed by atoms with E-state index in [1.165, 1.54) is 0 Å². The van der Waals surface area contributed by atoms with Crippen molar-refractivity contribution in [2.45, 2.75) is 30.2 Å². The lowest BCUT2D eigenvalue weighted by molar-refractivity contribution is 0.151. The Morgan fingerprint density at radius 3 is 2.68 bits per heavy atom. The summed E-state index contributed by atoms with van der Waals surface area (Å²) in [6, 6.07) is 8.01. The maximum Gasteiger partial charge on any atom is 0.225 e. The first kappa shape index (κ1) is 17.7. The maximum absolute atomic E-state index is 12.5. The van der Waals surface area contributed by atoms with Crippen LogP contribution in [-0.2, 0) is 17.6 Å². The molecule has 1 aliphatic heterocycles. The molecule has 2 N–H and O–H groups in total. The van der Waals surface area contributed by atoms with E-state index in [0.717, 1.165) is 34.6 Å². The van der Waals surface area contributed by atoms with Crippen LogP contribution < -0.4 is 5.32 Å². The van der Waals surface area contributed by atoms with Crippen molar-refractivity contribution in [3.05, 3.63) is 42.4 Å². The highest BCUT2D eigenvalue weighted by atomic mass is 32.2. The zero-order valence-electron chi connectivity index (χ0n) is 15.2. The molecule has 0 radical (unpaired) electrons. The van der Waals surface area contributed by atoms with Crippen LogP contribution in [0, 0.1) is 5.92 Å². The minimum atomic E-state index is -1.06. The van der Waals surface area contributed by atoms with E-state index >= 15 is 0 Å². The molecule has 7 nitrogen and oxygen atoms in total. The van der Waals surface area contributed by atoms with E-state index in [0.29, 0.717) is 35.6 Å². The fourth-order valence-electron chi connectivity index (χ4n) is 3.75. The smallest absolute Gasteiger partial charge is 0.225 e. The lowest BCUT2D eigenvalue weighted by Gasteiger charge is -2.35.